The molecule has 1 amide bonds. The van der Waals surface area contributed by atoms with Crippen LogP contribution in [0.1, 0.15) is 23.0 Å². The number of hydrogen-bond donors (Lipinski definition) is 3. The van der Waals surface area contributed by atoms with Crippen molar-refractivity contribution in [2.24, 2.45) is 4.99 Å². The van der Waals surface area contributed by atoms with Crippen LogP contribution in [-0.2, 0) is 6.54 Å². The Morgan fingerprint density at radius 3 is 2.50 bits per heavy atom. The molecule has 0 spiro atoms. The van der Waals surface area contributed by atoms with E-state index in [9.17, 15) is 4.79 Å². The summed E-state index contributed by atoms with van der Waals surface area (Å²) < 4.78 is 5.09. The van der Waals surface area contributed by atoms with Gasteiger partial charge in [-0.15, -0.1) is 0 Å². The molecule has 0 radical (unpaired) electrons. The molecule has 0 saturated carbocycles. The number of nitrogens with zero attached hydrogens (tertiary/aromatic N) is 2. The van der Waals surface area contributed by atoms with E-state index in [4.69, 9.17) is 4.74 Å². The summed E-state index contributed by atoms with van der Waals surface area (Å²) >= 11 is 0. The predicted molar refractivity (Wildman–Crippen MR) is 102 cm³/mol. The largest absolute Gasteiger partial charge is 0.497 e. The zero-order valence-electron chi connectivity index (χ0n) is 15.2. The van der Waals surface area contributed by atoms with E-state index in [1.807, 2.05) is 25.1 Å². The van der Waals surface area contributed by atoms with E-state index in [1.165, 1.54) is 0 Å². The third-order valence-corrected chi connectivity index (χ3v) is 3.52. The highest BCUT2D eigenvalue weighted by Gasteiger charge is 2.05. The van der Waals surface area contributed by atoms with E-state index in [0.717, 1.165) is 18.0 Å². The van der Waals surface area contributed by atoms with E-state index in [1.54, 1.807) is 37.6 Å². The van der Waals surface area contributed by atoms with Crippen molar-refractivity contribution in [1.29, 1.82) is 0 Å². The fraction of sp³-hybridized carbons (Fsp3) is 0.316. The smallest absolute Gasteiger partial charge is 0.251 e. The second-order valence-electron chi connectivity index (χ2n) is 5.43. The molecule has 7 nitrogen and oxygen atoms in total. The Hall–Kier alpha value is -3.09. The lowest BCUT2D eigenvalue weighted by Gasteiger charge is -2.12. The quantitative estimate of drug-likeness (QED) is 0.380. The average molecular weight is 355 g/mol. The van der Waals surface area contributed by atoms with Crippen molar-refractivity contribution in [1.82, 2.24) is 20.9 Å². The van der Waals surface area contributed by atoms with Gasteiger partial charge in [-0.1, -0.05) is 6.07 Å². The Kier molecular flexibility index (Phi) is 7.92. The number of ether oxygens (including phenoxy) is 1. The summed E-state index contributed by atoms with van der Waals surface area (Å²) in [6.45, 7) is 4.30. The van der Waals surface area contributed by atoms with Gasteiger partial charge in [-0.25, -0.2) is 4.99 Å². The van der Waals surface area contributed by atoms with Crippen LogP contribution in [0, 0.1) is 0 Å². The normalized spacial score (nSPS) is 10.9. The van der Waals surface area contributed by atoms with Gasteiger partial charge >= 0.3 is 0 Å². The van der Waals surface area contributed by atoms with Crippen molar-refractivity contribution in [2.45, 2.75) is 13.5 Å². The van der Waals surface area contributed by atoms with E-state index >= 15 is 0 Å². The highest BCUT2D eigenvalue weighted by atomic mass is 16.5. The minimum Gasteiger partial charge on any atom is -0.497 e. The number of amides is 1. The summed E-state index contributed by atoms with van der Waals surface area (Å²) in [4.78, 5) is 20.8. The van der Waals surface area contributed by atoms with Crippen molar-refractivity contribution in [2.75, 3.05) is 26.7 Å². The summed E-state index contributed by atoms with van der Waals surface area (Å²) in [6.07, 6.45) is 1.75. The van der Waals surface area contributed by atoms with Gasteiger partial charge < -0.3 is 20.7 Å². The van der Waals surface area contributed by atoms with Crippen molar-refractivity contribution < 1.29 is 9.53 Å². The van der Waals surface area contributed by atoms with E-state index < -0.39 is 0 Å². The number of nitrogens with one attached hydrogen (secondary N) is 3. The molecule has 138 valence electrons. The van der Waals surface area contributed by atoms with Gasteiger partial charge in [0.1, 0.15) is 5.75 Å². The molecule has 0 atom stereocenters. The highest BCUT2D eigenvalue weighted by Crippen LogP contribution is 2.10. The molecule has 2 rings (SSSR count). The molecule has 0 fully saturated rings. The zero-order chi connectivity index (χ0) is 18.6. The van der Waals surface area contributed by atoms with Crippen molar-refractivity contribution in [3.63, 3.8) is 0 Å². The number of aromatic nitrogens is 1. The van der Waals surface area contributed by atoms with Gasteiger partial charge in [0.2, 0.25) is 0 Å². The molecule has 1 aromatic heterocycles. The van der Waals surface area contributed by atoms with E-state index in [0.29, 0.717) is 31.2 Å². The number of benzene rings is 1. The van der Waals surface area contributed by atoms with Crippen LogP contribution in [0.25, 0.3) is 0 Å². The number of methoxy groups -OCH3 is 1. The van der Waals surface area contributed by atoms with Gasteiger partial charge in [-0.05, 0) is 43.3 Å². The maximum absolute atomic E-state index is 12.1. The van der Waals surface area contributed by atoms with Gasteiger partial charge in [-0.2, -0.15) is 0 Å². The molecule has 0 unspecified atom stereocenters. The molecule has 2 aromatic rings. The zero-order valence-corrected chi connectivity index (χ0v) is 15.2. The molecular weight excluding hydrogens is 330 g/mol. The van der Waals surface area contributed by atoms with Gasteiger partial charge in [0.05, 0.1) is 19.3 Å². The Labute approximate surface area is 153 Å². The Balaban J connectivity index is 1.77. The first-order chi connectivity index (χ1) is 12.7. The van der Waals surface area contributed by atoms with Gasteiger partial charge in [0.15, 0.2) is 5.96 Å². The average Bonchev–Trinajstić information content (AvgIpc) is 2.70. The molecule has 0 aliphatic heterocycles. The Morgan fingerprint density at radius 2 is 1.85 bits per heavy atom. The number of carbonyl (C=O) groups excluding carboxylic acids is 1. The standard InChI is InChI=1S/C19H25N5O2/c1-3-20-19(24-14-16-6-4-5-11-21-16)23-13-12-22-18(25)15-7-9-17(26-2)10-8-15/h4-11H,3,12-14H2,1-2H3,(H,22,25)(H2,20,23,24). The van der Waals surface area contributed by atoms with Crippen molar-refractivity contribution >= 4 is 11.9 Å². The van der Waals surface area contributed by atoms with Crippen LogP contribution in [0.4, 0.5) is 0 Å². The number of carbonyl (C=O) groups is 1. The first-order valence-electron chi connectivity index (χ1n) is 8.57. The lowest BCUT2D eigenvalue weighted by molar-refractivity contribution is 0.0954. The highest BCUT2D eigenvalue weighted by molar-refractivity contribution is 5.94. The lowest BCUT2D eigenvalue weighted by Crippen LogP contribution is -2.41. The van der Waals surface area contributed by atoms with E-state index in [2.05, 4.69) is 25.9 Å². The summed E-state index contributed by atoms with van der Waals surface area (Å²) in [7, 11) is 1.60. The summed E-state index contributed by atoms with van der Waals surface area (Å²) in [5.74, 6) is 1.30. The Morgan fingerprint density at radius 1 is 1.08 bits per heavy atom. The molecular formula is C19H25N5O2. The minimum atomic E-state index is -0.120. The second kappa shape index (κ2) is 10.7. The van der Waals surface area contributed by atoms with Crippen LogP contribution in [0.5, 0.6) is 5.75 Å². The predicted octanol–water partition coefficient (Wildman–Crippen LogP) is 1.58. The Bertz CT molecular complexity index is 702. The summed E-state index contributed by atoms with van der Waals surface area (Å²) in [5.41, 5.74) is 1.50. The summed E-state index contributed by atoms with van der Waals surface area (Å²) in [5, 5.41) is 9.23. The van der Waals surface area contributed by atoms with E-state index in [-0.39, 0.29) is 5.91 Å². The topological polar surface area (TPSA) is 87.6 Å². The molecule has 7 heteroatoms. The van der Waals surface area contributed by atoms with Gasteiger partial charge in [-0.3, -0.25) is 9.78 Å². The molecule has 0 aliphatic rings. The van der Waals surface area contributed by atoms with Gasteiger partial charge in [0, 0.05) is 31.4 Å². The van der Waals surface area contributed by atoms with Crippen LogP contribution < -0.4 is 20.7 Å². The second-order valence-corrected chi connectivity index (χ2v) is 5.43. The van der Waals surface area contributed by atoms with Crippen LogP contribution in [0.3, 0.4) is 0 Å². The maximum Gasteiger partial charge on any atom is 0.251 e. The monoisotopic (exact) mass is 355 g/mol. The van der Waals surface area contributed by atoms with Crippen LogP contribution in [0.15, 0.2) is 53.7 Å². The first-order valence-corrected chi connectivity index (χ1v) is 8.57. The fourth-order valence-corrected chi connectivity index (χ4v) is 2.19. The molecule has 0 bridgehead atoms. The number of rotatable bonds is 8. The van der Waals surface area contributed by atoms with Crippen molar-refractivity contribution in [3.05, 3.63) is 59.9 Å². The third-order valence-electron chi connectivity index (χ3n) is 3.52. The van der Waals surface area contributed by atoms with Gasteiger partial charge in [0.25, 0.3) is 5.91 Å². The first kappa shape index (κ1) is 19.2. The van der Waals surface area contributed by atoms with Crippen LogP contribution in [0.2, 0.25) is 0 Å². The molecule has 0 saturated heterocycles. The maximum atomic E-state index is 12.1. The van der Waals surface area contributed by atoms with Crippen LogP contribution in [-0.4, -0.2) is 43.6 Å². The molecule has 1 aromatic carbocycles. The molecule has 3 N–H and O–H groups in total. The molecule has 26 heavy (non-hydrogen) atoms. The minimum absolute atomic E-state index is 0.120. The number of guanidine groups is 1. The van der Waals surface area contributed by atoms with Crippen LogP contribution >= 0.6 is 0 Å². The molecule has 0 aliphatic carbocycles. The van der Waals surface area contributed by atoms with Crippen molar-refractivity contribution in [3.8, 4) is 5.75 Å². The lowest BCUT2D eigenvalue weighted by atomic mass is 10.2. The number of aliphatic imine (C=N–C) groups is 1. The number of pyridine rings is 1. The SMILES string of the molecule is CCNC(=NCc1ccccn1)NCCNC(=O)c1ccc(OC)cc1. The fourth-order valence-electron chi connectivity index (χ4n) is 2.19. The third kappa shape index (κ3) is 6.43. The number of hydrogen-bond acceptors (Lipinski definition) is 4. The molecule has 1 heterocycles. The summed E-state index contributed by atoms with van der Waals surface area (Å²) in [6, 6.07) is 12.7.